The van der Waals surface area contributed by atoms with Gasteiger partial charge in [-0.3, -0.25) is 0 Å². The van der Waals surface area contributed by atoms with Gasteiger partial charge in [-0.15, -0.1) is 0 Å². The van der Waals surface area contributed by atoms with Crippen LogP contribution >= 0.6 is 0 Å². The average Bonchev–Trinajstić information content (AvgIpc) is 2.67. The average molecular weight is 339 g/mol. The molecule has 0 aliphatic carbocycles. The lowest BCUT2D eigenvalue weighted by atomic mass is 9.90. The van der Waals surface area contributed by atoms with Crippen molar-refractivity contribution in [2.45, 2.75) is 44.9 Å². The van der Waals surface area contributed by atoms with E-state index in [2.05, 4.69) is 35.2 Å². The van der Waals surface area contributed by atoms with Crippen LogP contribution in [0.5, 0.6) is 0 Å². The van der Waals surface area contributed by atoms with E-state index in [9.17, 15) is 4.39 Å². The third-order valence-corrected chi connectivity index (χ3v) is 5.51. The van der Waals surface area contributed by atoms with Gasteiger partial charge in [0.15, 0.2) is 0 Å². The van der Waals surface area contributed by atoms with Crippen LogP contribution in [0.3, 0.4) is 0 Å². The molecular formula is C23H30FN. The predicted molar refractivity (Wildman–Crippen MR) is 103 cm³/mol. The summed E-state index contributed by atoms with van der Waals surface area (Å²) in [5.74, 6) is 0.768. The maximum atomic E-state index is 12.9. The second-order valence-corrected chi connectivity index (χ2v) is 7.39. The second kappa shape index (κ2) is 9.72. The Hall–Kier alpha value is -1.67. The molecule has 0 amide bonds. The zero-order valence-corrected chi connectivity index (χ0v) is 15.2. The first-order valence-electron chi connectivity index (χ1n) is 9.80. The summed E-state index contributed by atoms with van der Waals surface area (Å²) in [4.78, 5) is 2.63. The number of unbranched alkanes of at least 4 members (excludes halogenated alkanes) is 1. The summed E-state index contributed by atoms with van der Waals surface area (Å²) in [6, 6.07) is 17.8. The molecule has 1 nitrogen and oxygen atoms in total. The van der Waals surface area contributed by atoms with Gasteiger partial charge in [-0.25, -0.2) is 4.39 Å². The molecule has 134 valence electrons. The highest BCUT2D eigenvalue weighted by atomic mass is 19.1. The van der Waals surface area contributed by atoms with Crippen molar-refractivity contribution in [2.75, 3.05) is 19.6 Å². The molecule has 1 saturated heterocycles. The molecule has 0 aromatic heterocycles. The number of likely N-dealkylation sites (tertiary alicyclic amines) is 1. The monoisotopic (exact) mass is 339 g/mol. The number of halogens is 1. The van der Waals surface area contributed by atoms with Crippen LogP contribution in [0.15, 0.2) is 54.6 Å². The van der Waals surface area contributed by atoms with Crippen molar-refractivity contribution < 1.29 is 4.39 Å². The minimum atomic E-state index is -0.136. The van der Waals surface area contributed by atoms with Gasteiger partial charge < -0.3 is 4.90 Å². The Balaban J connectivity index is 1.27. The molecule has 0 unspecified atom stereocenters. The summed E-state index contributed by atoms with van der Waals surface area (Å²) in [7, 11) is 0. The van der Waals surface area contributed by atoms with E-state index in [0.29, 0.717) is 0 Å². The summed E-state index contributed by atoms with van der Waals surface area (Å²) in [5.41, 5.74) is 2.71. The van der Waals surface area contributed by atoms with Crippen LogP contribution in [0.4, 0.5) is 4.39 Å². The molecule has 1 aliphatic heterocycles. The van der Waals surface area contributed by atoms with E-state index in [1.54, 1.807) is 12.1 Å². The summed E-state index contributed by atoms with van der Waals surface area (Å²) in [6.07, 6.45) is 8.83. The first kappa shape index (κ1) is 18.1. The topological polar surface area (TPSA) is 3.24 Å². The Morgan fingerprint density at radius 2 is 1.48 bits per heavy atom. The molecule has 3 rings (SSSR count). The van der Waals surface area contributed by atoms with Crippen molar-refractivity contribution in [2.24, 2.45) is 5.92 Å². The van der Waals surface area contributed by atoms with E-state index in [1.807, 2.05) is 12.1 Å². The predicted octanol–water partition coefficient (Wildman–Crippen LogP) is 5.49. The van der Waals surface area contributed by atoms with Crippen LogP contribution in [-0.2, 0) is 12.8 Å². The van der Waals surface area contributed by atoms with Crippen LogP contribution in [-0.4, -0.2) is 24.5 Å². The smallest absolute Gasteiger partial charge is 0.123 e. The fourth-order valence-corrected chi connectivity index (χ4v) is 3.84. The molecule has 1 aliphatic rings. The zero-order chi connectivity index (χ0) is 17.3. The van der Waals surface area contributed by atoms with Gasteiger partial charge in [0.05, 0.1) is 0 Å². The van der Waals surface area contributed by atoms with Gasteiger partial charge in [-0.05, 0) is 74.4 Å². The first-order chi connectivity index (χ1) is 12.3. The molecule has 2 aromatic carbocycles. The van der Waals surface area contributed by atoms with Crippen molar-refractivity contribution in [3.05, 3.63) is 71.5 Å². The molecular weight excluding hydrogens is 309 g/mol. The van der Waals surface area contributed by atoms with Crippen LogP contribution in [0.2, 0.25) is 0 Å². The lowest BCUT2D eigenvalue weighted by Gasteiger charge is -2.32. The third-order valence-electron chi connectivity index (χ3n) is 5.51. The summed E-state index contributed by atoms with van der Waals surface area (Å²) in [6.45, 7) is 3.71. The number of rotatable bonds is 8. The normalized spacial score (nSPS) is 16.2. The molecule has 2 aromatic rings. The minimum Gasteiger partial charge on any atom is -0.303 e. The third kappa shape index (κ3) is 6.28. The van der Waals surface area contributed by atoms with Crippen LogP contribution < -0.4 is 0 Å². The van der Waals surface area contributed by atoms with Gasteiger partial charge in [0.2, 0.25) is 0 Å². The van der Waals surface area contributed by atoms with E-state index in [0.717, 1.165) is 12.3 Å². The van der Waals surface area contributed by atoms with Crippen LogP contribution in [0.1, 0.15) is 43.2 Å². The molecule has 1 fully saturated rings. The SMILES string of the molecule is Fc1ccc(CCCCC2CCN(CCc3ccccc3)CC2)cc1. The Bertz CT molecular complexity index is 600. The van der Waals surface area contributed by atoms with Gasteiger partial charge in [0, 0.05) is 6.54 Å². The Labute approximate surface area is 151 Å². The number of nitrogens with zero attached hydrogens (tertiary/aromatic N) is 1. The van der Waals surface area contributed by atoms with E-state index in [4.69, 9.17) is 0 Å². The Kier molecular flexibility index (Phi) is 7.05. The van der Waals surface area contributed by atoms with E-state index in [1.165, 1.54) is 69.3 Å². The number of hydrogen-bond donors (Lipinski definition) is 0. The van der Waals surface area contributed by atoms with Crippen molar-refractivity contribution in [1.82, 2.24) is 4.90 Å². The van der Waals surface area contributed by atoms with Gasteiger partial charge >= 0.3 is 0 Å². The molecule has 0 N–H and O–H groups in total. The summed E-state index contributed by atoms with van der Waals surface area (Å²) in [5, 5.41) is 0. The highest BCUT2D eigenvalue weighted by molar-refractivity contribution is 5.16. The lowest BCUT2D eigenvalue weighted by molar-refractivity contribution is 0.179. The molecule has 2 heteroatoms. The van der Waals surface area contributed by atoms with Crippen LogP contribution in [0.25, 0.3) is 0 Å². The second-order valence-electron chi connectivity index (χ2n) is 7.39. The fourth-order valence-electron chi connectivity index (χ4n) is 3.84. The first-order valence-corrected chi connectivity index (χ1v) is 9.80. The standard InChI is InChI=1S/C23H30FN/c24-23-12-10-21(11-13-23)8-4-5-9-22-15-18-25(19-16-22)17-14-20-6-2-1-3-7-20/h1-3,6-7,10-13,22H,4-5,8-9,14-19H2. The molecule has 0 radical (unpaired) electrons. The number of benzene rings is 2. The largest absolute Gasteiger partial charge is 0.303 e. The van der Waals surface area contributed by atoms with Gasteiger partial charge in [0.25, 0.3) is 0 Å². The Morgan fingerprint density at radius 3 is 2.20 bits per heavy atom. The Morgan fingerprint density at radius 1 is 0.800 bits per heavy atom. The molecule has 0 spiro atoms. The summed E-state index contributed by atoms with van der Waals surface area (Å²) < 4.78 is 12.9. The van der Waals surface area contributed by atoms with E-state index < -0.39 is 0 Å². The molecule has 0 saturated carbocycles. The van der Waals surface area contributed by atoms with Gasteiger partial charge in [-0.2, -0.15) is 0 Å². The molecule has 0 atom stereocenters. The van der Waals surface area contributed by atoms with Gasteiger partial charge in [-0.1, -0.05) is 55.3 Å². The van der Waals surface area contributed by atoms with Gasteiger partial charge in [0.1, 0.15) is 5.82 Å². The van der Waals surface area contributed by atoms with E-state index >= 15 is 0 Å². The van der Waals surface area contributed by atoms with Crippen molar-refractivity contribution in [3.8, 4) is 0 Å². The highest BCUT2D eigenvalue weighted by Gasteiger charge is 2.18. The maximum absolute atomic E-state index is 12.9. The number of hydrogen-bond acceptors (Lipinski definition) is 1. The quantitative estimate of drug-likeness (QED) is 0.575. The zero-order valence-electron chi connectivity index (χ0n) is 15.2. The maximum Gasteiger partial charge on any atom is 0.123 e. The van der Waals surface area contributed by atoms with Crippen molar-refractivity contribution >= 4 is 0 Å². The molecule has 25 heavy (non-hydrogen) atoms. The van der Waals surface area contributed by atoms with Crippen molar-refractivity contribution in [1.29, 1.82) is 0 Å². The molecule has 1 heterocycles. The van der Waals surface area contributed by atoms with E-state index in [-0.39, 0.29) is 5.82 Å². The lowest BCUT2D eigenvalue weighted by Crippen LogP contribution is -2.35. The summed E-state index contributed by atoms with van der Waals surface area (Å²) >= 11 is 0. The highest BCUT2D eigenvalue weighted by Crippen LogP contribution is 2.23. The minimum absolute atomic E-state index is 0.136. The molecule has 0 bridgehead atoms. The fraction of sp³-hybridized carbons (Fsp3) is 0.478. The van der Waals surface area contributed by atoms with Crippen LogP contribution in [0, 0.1) is 11.7 Å². The van der Waals surface area contributed by atoms with Crippen molar-refractivity contribution in [3.63, 3.8) is 0 Å². The number of aryl methyl sites for hydroxylation is 1. The number of piperidine rings is 1.